The van der Waals surface area contributed by atoms with E-state index in [1.54, 1.807) is 18.2 Å². The number of halogens is 1. The summed E-state index contributed by atoms with van der Waals surface area (Å²) in [5, 5.41) is 2.62. The largest absolute Gasteiger partial charge is 0.444 e. The minimum Gasteiger partial charge on any atom is -0.444 e. The van der Waals surface area contributed by atoms with E-state index in [2.05, 4.69) is 26.2 Å². The lowest BCUT2D eigenvalue weighted by molar-refractivity contribution is 0.0995. The van der Waals surface area contributed by atoms with Crippen molar-refractivity contribution in [3.8, 4) is 0 Å². The van der Waals surface area contributed by atoms with Gasteiger partial charge in [0.25, 0.3) is 5.91 Å². The highest BCUT2D eigenvalue weighted by Crippen LogP contribution is 2.17. The molecule has 1 amide bonds. The predicted octanol–water partition coefficient (Wildman–Crippen LogP) is 2.58. The maximum atomic E-state index is 11.7. The standard InChI is InChI=1S/C11H10BrN3O2/c1-6-4-10(14-5-7(6)13)15-11(16)8-2-3-9(12)17-8/h2-5H,13H2,1H3,(H,14,15,16). The number of nitrogens with one attached hydrogen (secondary N) is 1. The highest BCUT2D eigenvalue weighted by molar-refractivity contribution is 9.10. The Morgan fingerprint density at radius 1 is 1.53 bits per heavy atom. The van der Waals surface area contributed by atoms with Gasteiger partial charge in [0.1, 0.15) is 5.82 Å². The molecule has 2 heterocycles. The molecule has 6 heteroatoms. The second-order valence-corrected chi connectivity index (χ2v) is 4.27. The summed E-state index contributed by atoms with van der Waals surface area (Å²) in [6.07, 6.45) is 1.50. The average Bonchev–Trinajstić information content (AvgIpc) is 2.70. The number of anilines is 2. The van der Waals surface area contributed by atoms with Gasteiger partial charge in [-0.05, 0) is 46.6 Å². The maximum absolute atomic E-state index is 11.7. The number of nitrogens with zero attached hydrogens (tertiary/aromatic N) is 1. The summed E-state index contributed by atoms with van der Waals surface area (Å²) < 4.78 is 5.63. The number of rotatable bonds is 2. The SMILES string of the molecule is Cc1cc(NC(=O)c2ccc(Br)o2)ncc1N. The van der Waals surface area contributed by atoms with Crippen molar-refractivity contribution in [2.24, 2.45) is 0 Å². The van der Waals surface area contributed by atoms with Crippen LogP contribution < -0.4 is 11.1 Å². The zero-order valence-corrected chi connectivity index (χ0v) is 10.6. The number of amides is 1. The van der Waals surface area contributed by atoms with Gasteiger partial charge in [0.15, 0.2) is 10.4 Å². The fraction of sp³-hybridized carbons (Fsp3) is 0.0909. The van der Waals surface area contributed by atoms with E-state index in [4.69, 9.17) is 10.2 Å². The third kappa shape index (κ3) is 2.65. The van der Waals surface area contributed by atoms with Gasteiger partial charge in [-0.25, -0.2) is 4.98 Å². The van der Waals surface area contributed by atoms with Crippen molar-refractivity contribution in [2.75, 3.05) is 11.1 Å². The van der Waals surface area contributed by atoms with E-state index in [1.807, 2.05) is 6.92 Å². The van der Waals surface area contributed by atoms with E-state index in [1.165, 1.54) is 6.20 Å². The first-order valence-electron chi connectivity index (χ1n) is 4.85. The van der Waals surface area contributed by atoms with Gasteiger partial charge in [-0.1, -0.05) is 0 Å². The highest BCUT2D eigenvalue weighted by atomic mass is 79.9. The molecule has 88 valence electrons. The summed E-state index contributed by atoms with van der Waals surface area (Å²) in [4.78, 5) is 15.7. The number of carbonyl (C=O) groups is 1. The Balaban J connectivity index is 2.15. The number of carbonyl (C=O) groups excluding carboxylic acids is 1. The number of hydrogen-bond donors (Lipinski definition) is 2. The first kappa shape index (κ1) is 11.7. The van der Waals surface area contributed by atoms with Crippen molar-refractivity contribution in [1.82, 2.24) is 4.98 Å². The van der Waals surface area contributed by atoms with Crippen LogP contribution in [-0.4, -0.2) is 10.9 Å². The molecule has 0 saturated heterocycles. The summed E-state index contributed by atoms with van der Waals surface area (Å²) in [6.45, 7) is 1.84. The molecule has 3 N–H and O–H groups in total. The van der Waals surface area contributed by atoms with E-state index in [0.29, 0.717) is 16.2 Å². The molecule has 0 saturated carbocycles. The van der Waals surface area contributed by atoms with Crippen LogP contribution in [0.25, 0.3) is 0 Å². The summed E-state index contributed by atoms with van der Waals surface area (Å²) in [6, 6.07) is 4.92. The molecule has 0 fully saturated rings. The van der Waals surface area contributed by atoms with Crippen LogP contribution in [0.3, 0.4) is 0 Å². The topological polar surface area (TPSA) is 81.2 Å². The number of nitrogen functional groups attached to an aromatic ring is 1. The predicted molar refractivity (Wildman–Crippen MR) is 67.7 cm³/mol. The molecule has 0 unspecified atom stereocenters. The third-order valence-corrected chi connectivity index (χ3v) is 2.62. The van der Waals surface area contributed by atoms with Crippen molar-refractivity contribution >= 4 is 33.3 Å². The fourth-order valence-corrected chi connectivity index (χ4v) is 1.56. The summed E-state index contributed by atoms with van der Waals surface area (Å²) in [7, 11) is 0. The molecule has 0 atom stereocenters. The Morgan fingerprint density at radius 2 is 2.29 bits per heavy atom. The quantitative estimate of drug-likeness (QED) is 0.892. The fourth-order valence-electron chi connectivity index (χ4n) is 1.25. The second kappa shape index (κ2) is 4.58. The maximum Gasteiger partial charge on any atom is 0.292 e. The molecule has 2 rings (SSSR count). The van der Waals surface area contributed by atoms with Gasteiger partial charge in [0.2, 0.25) is 0 Å². The van der Waals surface area contributed by atoms with Gasteiger partial charge in [0.05, 0.1) is 11.9 Å². The molecule has 0 aliphatic carbocycles. The normalized spacial score (nSPS) is 10.2. The van der Waals surface area contributed by atoms with Gasteiger partial charge in [0, 0.05) is 0 Å². The van der Waals surface area contributed by atoms with Gasteiger partial charge < -0.3 is 15.5 Å². The van der Waals surface area contributed by atoms with Gasteiger partial charge in [-0.3, -0.25) is 4.79 Å². The lowest BCUT2D eigenvalue weighted by Crippen LogP contribution is -2.12. The molecule has 0 bridgehead atoms. The van der Waals surface area contributed by atoms with Crippen molar-refractivity contribution in [1.29, 1.82) is 0 Å². The van der Waals surface area contributed by atoms with Gasteiger partial charge >= 0.3 is 0 Å². The Hall–Kier alpha value is -1.82. The summed E-state index contributed by atoms with van der Waals surface area (Å²) >= 11 is 3.13. The van der Waals surface area contributed by atoms with E-state index < -0.39 is 0 Å². The molecule has 0 spiro atoms. The van der Waals surface area contributed by atoms with E-state index in [9.17, 15) is 4.79 Å². The van der Waals surface area contributed by atoms with Crippen LogP contribution in [0.1, 0.15) is 16.1 Å². The van der Waals surface area contributed by atoms with Crippen LogP contribution in [0.15, 0.2) is 33.5 Å². The van der Waals surface area contributed by atoms with Crippen LogP contribution in [0.2, 0.25) is 0 Å². The second-order valence-electron chi connectivity index (χ2n) is 3.48. The molecule has 17 heavy (non-hydrogen) atoms. The van der Waals surface area contributed by atoms with Crippen LogP contribution in [0.4, 0.5) is 11.5 Å². The number of furan rings is 1. The third-order valence-electron chi connectivity index (χ3n) is 2.19. The minimum absolute atomic E-state index is 0.216. The van der Waals surface area contributed by atoms with Gasteiger partial charge in [-0.15, -0.1) is 0 Å². The molecule has 5 nitrogen and oxygen atoms in total. The van der Waals surface area contributed by atoms with Crippen molar-refractivity contribution in [3.63, 3.8) is 0 Å². The Bertz CT molecular complexity index is 566. The zero-order chi connectivity index (χ0) is 12.4. The molecular weight excluding hydrogens is 286 g/mol. The average molecular weight is 296 g/mol. The monoisotopic (exact) mass is 295 g/mol. The van der Waals surface area contributed by atoms with E-state index in [0.717, 1.165) is 5.56 Å². The molecule has 0 aromatic carbocycles. The van der Waals surface area contributed by atoms with Crippen molar-refractivity contribution in [2.45, 2.75) is 6.92 Å². The summed E-state index contributed by atoms with van der Waals surface area (Å²) in [5.41, 5.74) is 7.08. The smallest absolute Gasteiger partial charge is 0.292 e. The van der Waals surface area contributed by atoms with Crippen LogP contribution >= 0.6 is 15.9 Å². The molecule has 0 radical (unpaired) electrons. The van der Waals surface area contributed by atoms with Gasteiger partial charge in [-0.2, -0.15) is 0 Å². The Morgan fingerprint density at radius 3 is 2.88 bits per heavy atom. The number of hydrogen-bond acceptors (Lipinski definition) is 4. The molecule has 2 aromatic heterocycles. The first-order valence-corrected chi connectivity index (χ1v) is 5.64. The lowest BCUT2D eigenvalue weighted by Gasteiger charge is -2.04. The molecule has 2 aromatic rings. The molecular formula is C11H10BrN3O2. The van der Waals surface area contributed by atoms with Crippen LogP contribution in [0.5, 0.6) is 0 Å². The number of pyridine rings is 1. The minimum atomic E-state index is -0.354. The molecule has 0 aliphatic heterocycles. The van der Waals surface area contributed by atoms with Crippen molar-refractivity contribution < 1.29 is 9.21 Å². The van der Waals surface area contributed by atoms with Crippen molar-refractivity contribution in [3.05, 3.63) is 40.4 Å². The number of aromatic nitrogens is 1. The van der Waals surface area contributed by atoms with E-state index >= 15 is 0 Å². The Labute approximate surface area is 106 Å². The van der Waals surface area contributed by atoms with Crippen LogP contribution in [0, 0.1) is 6.92 Å². The number of nitrogens with two attached hydrogens (primary N) is 1. The first-order chi connectivity index (χ1) is 8.06. The molecule has 0 aliphatic rings. The van der Waals surface area contributed by atoms with E-state index in [-0.39, 0.29) is 11.7 Å². The van der Waals surface area contributed by atoms with Crippen LogP contribution in [-0.2, 0) is 0 Å². The number of aryl methyl sites for hydroxylation is 1. The summed E-state index contributed by atoms with van der Waals surface area (Å²) in [5.74, 6) is 0.301. The lowest BCUT2D eigenvalue weighted by atomic mass is 10.2. The Kier molecular flexibility index (Phi) is 3.14. The highest BCUT2D eigenvalue weighted by Gasteiger charge is 2.11. The zero-order valence-electron chi connectivity index (χ0n) is 9.03.